The SMILES string of the molecule is COc1cc(CC(=O)N[C@H]2CCCNC2)ccc1C. The molecule has 1 aromatic rings. The van der Waals surface area contributed by atoms with Crippen LogP contribution in [0.4, 0.5) is 0 Å². The van der Waals surface area contributed by atoms with Crippen molar-refractivity contribution >= 4 is 5.91 Å². The predicted octanol–water partition coefficient (Wildman–Crippen LogP) is 1.41. The molecule has 2 N–H and O–H groups in total. The highest BCUT2D eigenvalue weighted by molar-refractivity contribution is 5.79. The Bertz CT molecular complexity index is 440. The molecule has 104 valence electrons. The number of ether oxygens (including phenoxy) is 1. The molecule has 1 fully saturated rings. The fourth-order valence-corrected chi connectivity index (χ4v) is 2.41. The topological polar surface area (TPSA) is 50.4 Å². The summed E-state index contributed by atoms with van der Waals surface area (Å²) in [5.74, 6) is 0.921. The van der Waals surface area contributed by atoms with Crippen molar-refractivity contribution in [2.75, 3.05) is 20.2 Å². The Morgan fingerprint density at radius 2 is 2.37 bits per heavy atom. The fraction of sp³-hybridized carbons (Fsp3) is 0.533. The molecule has 0 aliphatic carbocycles. The van der Waals surface area contributed by atoms with Crippen LogP contribution in [0.2, 0.25) is 0 Å². The molecule has 4 nitrogen and oxygen atoms in total. The van der Waals surface area contributed by atoms with Crippen molar-refractivity contribution in [3.8, 4) is 5.75 Å². The van der Waals surface area contributed by atoms with E-state index in [0.29, 0.717) is 6.42 Å². The predicted molar refractivity (Wildman–Crippen MR) is 75.5 cm³/mol. The Labute approximate surface area is 114 Å². The molecule has 19 heavy (non-hydrogen) atoms. The maximum Gasteiger partial charge on any atom is 0.224 e. The molecule has 1 aromatic carbocycles. The molecule has 4 heteroatoms. The maximum atomic E-state index is 12.0. The van der Waals surface area contributed by atoms with Gasteiger partial charge in [0.25, 0.3) is 0 Å². The van der Waals surface area contributed by atoms with Crippen LogP contribution >= 0.6 is 0 Å². The van der Waals surface area contributed by atoms with Crippen LogP contribution in [-0.2, 0) is 11.2 Å². The second kappa shape index (κ2) is 6.57. The Hall–Kier alpha value is -1.55. The second-order valence-electron chi connectivity index (χ2n) is 5.09. The molecule has 2 rings (SSSR count). The summed E-state index contributed by atoms with van der Waals surface area (Å²) in [6.07, 6.45) is 2.60. The van der Waals surface area contributed by atoms with Gasteiger partial charge in [-0.25, -0.2) is 0 Å². The van der Waals surface area contributed by atoms with Crippen molar-refractivity contribution in [1.82, 2.24) is 10.6 Å². The minimum atomic E-state index is 0.0830. The summed E-state index contributed by atoms with van der Waals surface area (Å²) in [4.78, 5) is 12.0. The number of amides is 1. The third-order valence-electron chi connectivity index (χ3n) is 3.50. The van der Waals surface area contributed by atoms with Gasteiger partial charge in [-0.3, -0.25) is 4.79 Å². The number of methoxy groups -OCH3 is 1. The van der Waals surface area contributed by atoms with Crippen LogP contribution in [0.5, 0.6) is 5.75 Å². The number of piperidine rings is 1. The summed E-state index contributed by atoms with van der Waals surface area (Å²) in [5, 5.41) is 6.37. The lowest BCUT2D eigenvalue weighted by atomic mass is 10.1. The van der Waals surface area contributed by atoms with E-state index in [1.807, 2.05) is 25.1 Å². The summed E-state index contributed by atoms with van der Waals surface area (Å²) < 4.78 is 5.28. The molecule has 0 aromatic heterocycles. The van der Waals surface area contributed by atoms with Crippen molar-refractivity contribution in [2.24, 2.45) is 0 Å². The van der Waals surface area contributed by atoms with Gasteiger partial charge in [0.15, 0.2) is 0 Å². The molecule has 1 aliphatic heterocycles. The van der Waals surface area contributed by atoms with Gasteiger partial charge in [0, 0.05) is 12.6 Å². The number of carbonyl (C=O) groups is 1. The number of carbonyl (C=O) groups excluding carboxylic acids is 1. The molecular weight excluding hydrogens is 240 g/mol. The highest BCUT2D eigenvalue weighted by Crippen LogP contribution is 2.19. The molecule has 0 spiro atoms. The highest BCUT2D eigenvalue weighted by Gasteiger charge is 2.15. The maximum absolute atomic E-state index is 12.0. The number of hydrogen-bond acceptors (Lipinski definition) is 3. The monoisotopic (exact) mass is 262 g/mol. The average molecular weight is 262 g/mol. The van der Waals surface area contributed by atoms with Gasteiger partial charge in [-0.15, -0.1) is 0 Å². The highest BCUT2D eigenvalue weighted by atomic mass is 16.5. The smallest absolute Gasteiger partial charge is 0.224 e. The van der Waals surface area contributed by atoms with E-state index >= 15 is 0 Å². The average Bonchev–Trinajstić information content (AvgIpc) is 2.42. The second-order valence-corrected chi connectivity index (χ2v) is 5.09. The quantitative estimate of drug-likeness (QED) is 0.862. The Morgan fingerprint density at radius 3 is 3.05 bits per heavy atom. The van der Waals surface area contributed by atoms with E-state index in [1.165, 1.54) is 0 Å². The lowest BCUT2D eigenvalue weighted by molar-refractivity contribution is -0.121. The van der Waals surface area contributed by atoms with Crippen LogP contribution in [0.1, 0.15) is 24.0 Å². The molecule has 1 atom stereocenters. The first kappa shape index (κ1) is 13.9. The Balaban J connectivity index is 1.90. The summed E-state index contributed by atoms with van der Waals surface area (Å²) in [5.41, 5.74) is 2.08. The molecule has 0 radical (unpaired) electrons. The van der Waals surface area contributed by atoms with Crippen LogP contribution in [-0.4, -0.2) is 32.1 Å². The van der Waals surface area contributed by atoms with E-state index < -0.39 is 0 Å². The number of aryl methyl sites for hydroxylation is 1. The van der Waals surface area contributed by atoms with E-state index in [9.17, 15) is 4.79 Å². The molecule has 0 saturated carbocycles. The largest absolute Gasteiger partial charge is 0.496 e. The summed E-state index contributed by atoms with van der Waals surface area (Å²) in [6.45, 7) is 3.93. The molecular formula is C15H22N2O2. The molecule has 1 amide bonds. The minimum Gasteiger partial charge on any atom is -0.496 e. The summed E-state index contributed by atoms with van der Waals surface area (Å²) in [7, 11) is 1.65. The van der Waals surface area contributed by atoms with Crippen molar-refractivity contribution in [3.05, 3.63) is 29.3 Å². The minimum absolute atomic E-state index is 0.0830. The standard InChI is InChI=1S/C15H22N2O2/c1-11-5-6-12(8-14(11)19-2)9-15(18)17-13-4-3-7-16-10-13/h5-6,8,13,16H,3-4,7,9-10H2,1-2H3,(H,17,18)/t13-/m0/s1. The zero-order valence-corrected chi connectivity index (χ0v) is 11.7. The van der Waals surface area contributed by atoms with Crippen LogP contribution in [0.3, 0.4) is 0 Å². The van der Waals surface area contributed by atoms with Gasteiger partial charge >= 0.3 is 0 Å². The van der Waals surface area contributed by atoms with Gasteiger partial charge in [-0.2, -0.15) is 0 Å². The van der Waals surface area contributed by atoms with E-state index in [4.69, 9.17) is 4.74 Å². The summed E-state index contributed by atoms with van der Waals surface area (Å²) >= 11 is 0. The van der Waals surface area contributed by atoms with Crippen molar-refractivity contribution in [2.45, 2.75) is 32.2 Å². The van der Waals surface area contributed by atoms with Gasteiger partial charge in [0.05, 0.1) is 13.5 Å². The van der Waals surface area contributed by atoms with Crippen molar-refractivity contribution < 1.29 is 9.53 Å². The van der Waals surface area contributed by atoms with Crippen molar-refractivity contribution in [3.63, 3.8) is 0 Å². The molecule has 1 saturated heterocycles. The first-order valence-corrected chi connectivity index (χ1v) is 6.82. The molecule has 0 unspecified atom stereocenters. The third kappa shape index (κ3) is 3.96. The van der Waals surface area contributed by atoms with Gasteiger partial charge in [0.2, 0.25) is 5.91 Å². The summed E-state index contributed by atoms with van der Waals surface area (Å²) in [6, 6.07) is 6.18. The number of hydrogen-bond donors (Lipinski definition) is 2. The fourth-order valence-electron chi connectivity index (χ4n) is 2.41. The van der Waals surface area contributed by atoms with Crippen molar-refractivity contribution in [1.29, 1.82) is 0 Å². The zero-order chi connectivity index (χ0) is 13.7. The van der Waals surface area contributed by atoms with E-state index in [-0.39, 0.29) is 11.9 Å². The molecule has 0 bridgehead atoms. The van der Waals surface area contributed by atoms with Crippen LogP contribution in [0.25, 0.3) is 0 Å². The number of rotatable bonds is 4. The van der Waals surface area contributed by atoms with E-state index in [1.54, 1.807) is 7.11 Å². The number of nitrogens with one attached hydrogen (secondary N) is 2. The van der Waals surface area contributed by atoms with Gasteiger partial charge in [-0.1, -0.05) is 12.1 Å². The first-order valence-electron chi connectivity index (χ1n) is 6.82. The lowest BCUT2D eigenvalue weighted by Crippen LogP contribution is -2.46. The van der Waals surface area contributed by atoms with Gasteiger partial charge < -0.3 is 15.4 Å². The third-order valence-corrected chi connectivity index (χ3v) is 3.50. The van der Waals surface area contributed by atoms with Crippen LogP contribution < -0.4 is 15.4 Å². The van der Waals surface area contributed by atoms with E-state index in [2.05, 4.69) is 10.6 Å². The lowest BCUT2D eigenvalue weighted by Gasteiger charge is -2.23. The van der Waals surface area contributed by atoms with Gasteiger partial charge in [-0.05, 0) is 43.5 Å². The van der Waals surface area contributed by atoms with Gasteiger partial charge in [0.1, 0.15) is 5.75 Å². The Morgan fingerprint density at radius 1 is 1.53 bits per heavy atom. The number of benzene rings is 1. The first-order chi connectivity index (χ1) is 9.19. The molecule has 1 aliphatic rings. The van der Waals surface area contributed by atoms with Crippen LogP contribution in [0.15, 0.2) is 18.2 Å². The Kier molecular flexibility index (Phi) is 4.80. The van der Waals surface area contributed by atoms with E-state index in [0.717, 1.165) is 42.8 Å². The normalized spacial score (nSPS) is 18.9. The molecule has 1 heterocycles. The van der Waals surface area contributed by atoms with Crippen LogP contribution in [0, 0.1) is 6.92 Å². The zero-order valence-electron chi connectivity index (χ0n) is 11.7.